The van der Waals surface area contributed by atoms with Gasteiger partial charge in [-0.1, -0.05) is 0 Å². The van der Waals surface area contributed by atoms with Crippen molar-refractivity contribution >= 4 is 6.47 Å². The van der Waals surface area contributed by atoms with E-state index < -0.39 is 6.29 Å². The Morgan fingerprint density at radius 2 is 2.43 bits per heavy atom. The average molecular weight is 204 g/mol. The molecule has 1 aliphatic rings. The quantitative estimate of drug-likeness (QED) is 0.507. The highest BCUT2D eigenvalue weighted by atomic mass is 16.7. The van der Waals surface area contributed by atoms with Gasteiger partial charge in [0, 0.05) is 6.42 Å². The van der Waals surface area contributed by atoms with Gasteiger partial charge in [0.2, 0.25) is 0 Å². The van der Waals surface area contributed by atoms with Crippen LogP contribution in [0.2, 0.25) is 0 Å². The predicted octanol–water partition coefficient (Wildman–Crippen LogP) is 0.0619. The highest BCUT2D eigenvalue weighted by Crippen LogP contribution is 2.26. The van der Waals surface area contributed by atoms with Gasteiger partial charge in [0.25, 0.3) is 6.47 Å². The largest absolute Gasteiger partial charge is 0.462 e. The molecule has 0 aliphatic carbocycles. The molecular weight excluding hydrogens is 188 g/mol. The SMILES string of the molecule is CC1(C)CC(OC(O)COC=O)CO1. The molecule has 2 unspecified atom stereocenters. The molecule has 0 aromatic carbocycles. The zero-order valence-electron chi connectivity index (χ0n) is 8.43. The van der Waals surface area contributed by atoms with Gasteiger partial charge in [0.05, 0.1) is 18.3 Å². The normalized spacial score (nSPS) is 27.2. The first-order chi connectivity index (χ1) is 6.53. The Kier molecular flexibility index (Phi) is 3.86. The molecule has 2 atom stereocenters. The molecule has 0 aromatic heterocycles. The van der Waals surface area contributed by atoms with E-state index >= 15 is 0 Å². The number of ether oxygens (including phenoxy) is 3. The van der Waals surface area contributed by atoms with Crippen LogP contribution in [-0.4, -0.2) is 42.8 Å². The molecule has 1 fully saturated rings. The van der Waals surface area contributed by atoms with Crippen LogP contribution in [0.25, 0.3) is 0 Å². The zero-order chi connectivity index (χ0) is 10.6. The average Bonchev–Trinajstić information content (AvgIpc) is 2.42. The topological polar surface area (TPSA) is 65.0 Å². The van der Waals surface area contributed by atoms with Crippen LogP contribution in [0.4, 0.5) is 0 Å². The molecule has 0 aromatic rings. The van der Waals surface area contributed by atoms with Gasteiger partial charge in [-0.2, -0.15) is 0 Å². The molecule has 0 bridgehead atoms. The second-order valence-corrected chi connectivity index (χ2v) is 3.92. The van der Waals surface area contributed by atoms with E-state index in [0.29, 0.717) is 6.61 Å². The lowest BCUT2D eigenvalue weighted by Crippen LogP contribution is -2.27. The fraction of sp³-hybridized carbons (Fsp3) is 0.889. The number of aliphatic hydroxyl groups is 1. The predicted molar refractivity (Wildman–Crippen MR) is 47.5 cm³/mol. The molecule has 1 rings (SSSR count). The molecule has 5 nitrogen and oxygen atoms in total. The highest BCUT2D eigenvalue weighted by Gasteiger charge is 2.33. The Bertz CT molecular complexity index is 192. The van der Waals surface area contributed by atoms with Gasteiger partial charge in [-0.05, 0) is 13.8 Å². The number of carbonyl (C=O) groups excluding carboxylic acids is 1. The van der Waals surface area contributed by atoms with Crippen molar-refractivity contribution in [1.82, 2.24) is 0 Å². The van der Waals surface area contributed by atoms with Crippen LogP contribution in [0.15, 0.2) is 0 Å². The van der Waals surface area contributed by atoms with E-state index in [9.17, 15) is 9.90 Å². The van der Waals surface area contributed by atoms with Crippen molar-refractivity contribution < 1.29 is 24.1 Å². The van der Waals surface area contributed by atoms with Crippen molar-refractivity contribution in [3.63, 3.8) is 0 Å². The lowest BCUT2D eigenvalue weighted by atomic mass is 10.1. The molecule has 82 valence electrons. The third-order valence-corrected chi connectivity index (χ3v) is 2.04. The van der Waals surface area contributed by atoms with Crippen molar-refractivity contribution in [3.05, 3.63) is 0 Å². The summed E-state index contributed by atoms with van der Waals surface area (Å²) in [5.74, 6) is 0. The van der Waals surface area contributed by atoms with E-state index in [0.717, 1.165) is 6.42 Å². The molecule has 5 heteroatoms. The zero-order valence-corrected chi connectivity index (χ0v) is 8.43. The van der Waals surface area contributed by atoms with E-state index in [4.69, 9.17) is 9.47 Å². The standard InChI is InChI=1S/C9H16O5/c1-9(2)3-7(4-13-9)14-8(11)5-12-6-10/h6-8,11H,3-5H2,1-2H3. The van der Waals surface area contributed by atoms with Crippen LogP contribution in [0, 0.1) is 0 Å². The summed E-state index contributed by atoms with van der Waals surface area (Å²) in [4.78, 5) is 9.84. The molecule has 0 radical (unpaired) electrons. The first kappa shape index (κ1) is 11.4. The van der Waals surface area contributed by atoms with Gasteiger partial charge >= 0.3 is 0 Å². The second kappa shape index (κ2) is 4.72. The monoisotopic (exact) mass is 204 g/mol. The Labute approximate surface area is 82.9 Å². The lowest BCUT2D eigenvalue weighted by molar-refractivity contribution is -0.169. The van der Waals surface area contributed by atoms with E-state index in [1.54, 1.807) is 0 Å². The van der Waals surface area contributed by atoms with Gasteiger partial charge in [-0.3, -0.25) is 4.79 Å². The van der Waals surface area contributed by atoms with Crippen molar-refractivity contribution in [1.29, 1.82) is 0 Å². The van der Waals surface area contributed by atoms with Crippen LogP contribution >= 0.6 is 0 Å². The van der Waals surface area contributed by atoms with E-state index in [1.807, 2.05) is 13.8 Å². The van der Waals surface area contributed by atoms with Crippen molar-refractivity contribution in [2.45, 2.75) is 38.3 Å². The Morgan fingerprint density at radius 3 is 2.93 bits per heavy atom. The third kappa shape index (κ3) is 3.61. The summed E-state index contributed by atoms with van der Waals surface area (Å²) in [5, 5.41) is 9.25. The summed E-state index contributed by atoms with van der Waals surface area (Å²) in [5.41, 5.74) is -0.199. The van der Waals surface area contributed by atoms with Gasteiger partial charge in [0.1, 0.15) is 6.61 Å². The smallest absolute Gasteiger partial charge is 0.293 e. The summed E-state index contributed by atoms with van der Waals surface area (Å²) >= 11 is 0. The summed E-state index contributed by atoms with van der Waals surface area (Å²) in [7, 11) is 0. The van der Waals surface area contributed by atoms with Crippen molar-refractivity contribution in [2.24, 2.45) is 0 Å². The van der Waals surface area contributed by atoms with Gasteiger partial charge in [-0.15, -0.1) is 0 Å². The molecule has 1 N–H and O–H groups in total. The summed E-state index contributed by atoms with van der Waals surface area (Å²) in [6.45, 7) is 4.53. The van der Waals surface area contributed by atoms with Crippen LogP contribution in [0.3, 0.4) is 0 Å². The minimum Gasteiger partial charge on any atom is -0.462 e. The first-order valence-corrected chi connectivity index (χ1v) is 4.56. The Morgan fingerprint density at radius 1 is 1.71 bits per heavy atom. The Hall–Kier alpha value is -0.650. The first-order valence-electron chi connectivity index (χ1n) is 4.56. The van der Waals surface area contributed by atoms with Gasteiger partial charge < -0.3 is 19.3 Å². The fourth-order valence-electron chi connectivity index (χ4n) is 1.46. The summed E-state index contributed by atoms with van der Waals surface area (Å²) in [6.07, 6.45) is -0.469. The minimum absolute atomic E-state index is 0.129. The molecular formula is C9H16O5. The number of aliphatic hydroxyl groups excluding tert-OH is 1. The summed E-state index contributed by atoms with van der Waals surface area (Å²) in [6, 6.07) is 0. The molecule has 0 spiro atoms. The van der Waals surface area contributed by atoms with Crippen LogP contribution in [-0.2, 0) is 19.0 Å². The molecule has 1 saturated heterocycles. The van der Waals surface area contributed by atoms with E-state index in [-0.39, 0.29) is 24.8 Å². The number of hydrogen-bond donors (Lipinski definition) is 1. The van der Waals surface area contributed by atoms with Crippen LogP contribution in [0.5, 0.6) is 0 Å². The van der Waals surface area contributed by atoms with Gasteiger partial charge in [0.15, 0.2) is 6.29 Å². The maximum Gasteiger partial charge on any atom is 0.293 e. The van der Waals surface area contributed by atoms with Crippen molar-refractivity contribution in [3.8, 4) is 0 Å². The van der Waals surface area contributed by atoms with E-state index in [2.05, 4.69) is 4.74 Å². The Balaban J connectivity index is 2.21. The van der Waals surface area contributed by atoms with Crippen LogP contribution < -0.4 is 0 Å². The third-order valence-electron chi connectivity index (χ3n) is 2.04. The van der Waals surface area contributed by atoms with Crippen LogP contribution in [0.1, 0.15) is 20.3 Å². The molecule has 0 amide bonds. The lowest BCUT2D eigenvalue weighted by Gasteiger charge is -2.17. The fourth-order valence-corrected chi connectivity index (χ4v) is 1.46. The molecule has 14 heavy (non-hydrogen) atoms. The van der Waals surface area contributed by atoms with E-state index in [1.165, 1.54) is 0 Å². The molecule has 1 aliphatic heterocycles. The highest BCUT2D eigenvalue weighted by molar-refractivity contribution is 5.36. The molecule has 0 saturated carbocycles. The summed E-state index contributed by atoms with van der Waals surface area (Å²) < 4.78 is 15.0. The number of hydrogen-bond acceptors (Lipinski definition) is 5. The maximum atomic E-state index is 9.84. The van der Waals surface area contributed by atoms with Crippen molar-refractivity contribution in [2.75, 3.05) is 13.2 Å². The number of carbonyl (C=O) groups is 1. The minimum atomic E-state index is -1.07. The second-order valence-electron chi connectivity index (χ2n) is 3.92. The van der Waals surface area contributed by atoms with Gasteiger partial charge in [-0.25, -0.2) is 0 Å². The number of rotatable bonds is 5. The molecule has 1 heterocycles. The maximum absolute atomic E-state index is 9.84.